The van der Waals surface area contributed by atoms with Crippen LogP contribution in [0.3, 0.4) is 0 Å². The number of nitrogens with zero attached hydrogens (tertiary/aromatic N) is 1. The number of nitrogens with one attached hydrogen (secondary N) is 1. The zero-order valence-electron chi connectivity index (χ0n) is 8.09. The lowest BCUT2D eigenvalue weighted by atomic mass is 9.86. The maximum Gasteiger partial charge on any atom is 0.0140 e. The number of likely N-dealkylation sites (tertiary alicyclic amines) is 1. The van der Waals surface area contributed by atoms with Gasteiger partial charge in [0.25, 0.3) is 0 Å². The summed E-state index contributed by atoms with van der Waals surface area (Å²) in [6.07, 6.45) is 0. The highest BCUT2D eigenvalue weighted by atomic mass is 15.1. The quantitative estimate of drug-likeness (QED) is 0.604. The highest BCUT2D eigenvalue weighted by Gasteiger charge is 2.28. The lowest BCUT2D eigenvalue weighted by molar-refractivity contribution is 0.127. The molecule has 1 aliphatic heterocycles. The molecule has 2 nitrogen and oxygen atoms in total. The number of piperidine rings is 1. The van der Waals surface area contributed by atoms with Crippen LogP contribution in [0.1, 0.15) is 13.8 Å². The fourth-order valence-corrected chi connectivity index (χ4v) is 2.41. The van der Waals surface area contributed by atoms with Gasteiger partial charge in [0.2, 0.25) is 0 Å². The molecule has 66 valence electrons. The largest absolute Gasteiger partial charge is 0.316 e. The van der Waals surface area contributed by atoms with E-state index in [-0.39, 0.29) is 0 Å². The molecule has 2 heteroatoms. The van der Waals surface area contributed by atoms with Gasteiger partial charge in [0.15, 0.2) is 0 Å². The molecular weight excluding hydrogens is 136 g/mol. The van der Waals surface area contributed by atoms with Crippen molar-refractivity contribution in [3.63, 3.8) is 0 Å². The van der Waals surface area contributed by atoms with Crippen molar-refractivity contribution in [1.82, 2.24) is 10.2 Å². The predicted molar refractivity (Wildman–Crippen MR) is 48.7 cm³/mol. The van der Waals surface area contributed by atoms with Crippen LogP contribution < -0.4 is 5.32 Å². The molecule has 0 aromatic heterocycles. The zero-order chi connectivity index (χ0) is 8.43. The van der Waals surface area contributed by atoms with Crippen molar-refractivity contribution in [3.8, 4) is 0 Å². The molecule has 1 saturated heterocycles. The van der Waals surface area contributed by atoms with Gasteiger partial charge in [0.05, 0.1) is 0 Å². The van der Waals surface area contributed by atoms with Gasteiger partial charge in [-0.1, -0.05) is 13.8 Å². The Labute approximate surface area is 70.0 Å². The van der Waals surface area contributed by atoms with E-state index < -0.39 is 0 Å². The molecule has 1 N–H and O–H groups in total. The Morgan fingerprint density at radius 3 is 2.00 bits per heavy atom. The summed E-state index contributed by atoms with van der Waals surface area (Å²) in [5, 5.41) is 3.40. The van der Waals surface area contributed by atoms with E-state index in [2.05, 4.69) is 38.2 Å². The molecule has 0 radical (unpaired) electrons. The first-order chi connectivity index (χ1) is 5.15. The lowest BCUT2D eigenvalue weighted by Gasteiger charge is -2.39. The van der Waals surface area contributed by atoms with Crippen molar-refractivity contribution in [2.45, 2.75) is 19.9 Å². The molecule has 0 amide bonds. The second-order valence-electron chi connectivity index (χ2n) is 3.99. The molecule has 1 fully saturated rings. The van der Waals surface area contributed by atoms with Gasteiger partial charge >= 0.3 is 0 Å². The molecule has 11 heavy (non-hydrogen) atoms. The van der Waals surface area contributed by atoms with E-state index in [1.807, 2.05) is 0 Å². The SMILES string of the molecule is CNC1C(C)CN(C)CC1C. The first-order valence-electron chi connectivity index (χ1n) is 4.51. The maximum atomic E-state index is 3.40. The fourth-order valence-electron chi connectivity index (χ4n) is 2.41. The van der Waals surface area contributed by atoms with Crippen LogP contribution in [0.2, 0.25) is 0 Å². The summed E-state index contributed by atoms with van der Waals surface area (Å²) in [6.45, 7) is 7.12. The van der Waals surface area contributed by atoms with Gasteiger partial charge < -0.3 is 10.2 Å². The summed E-state index contributed by atoms with van der Waals surface area (Å²) in [6, 6.07) is 0.714. The van der Waals surface area contributed by atoms with E-state index in [9.17, 15) is 0 Å². The van der Waals surface area contributed by atoms with Gasteiger partial charge in [0.1, 0.15) is 0 Å². The van der Waals surface area contributed by atoms with Crippen LogP contribution in [0.4, 0.5) is 0 Å². The second kappa shape index (κ2) is 3.55. The third-order valence-electron chi connectivity index (χ3n) is 2.76. The predicted octanol–water partition coefficient (Wildman–Crippen LogP) is 0.792. The maximum absolute atomic E-state index is 3.40. The van der Waals surface area contributed by atoms with Gasteiger partial charge in [-0.2, -0.15) is 0 Å². The van der Waals surface area contributed by atoms with E-state index in [1.54, 1.807) is 0 Å². The van der Waals surface area contributed by atoms with E-state index in [4.69, 9.17) is 0 Å². The molecule has 0 saturated carbocycles. The highest BCUT2D eigenvalue weighted by Crippen LogP contribution is 2.20. The Kier molecular flexibility index (Phi) is 2.90. The van der Waals surface area contributed by atoms with Crippen molar-refractivity contribution < 1.29 is 0 Å². The molecule has 2 unspecified atom stereocenters. The minimum absolute atomic E-state index is 0.714. The Morgan fingerprint density at radius 2 is 1.64 bits per heavy atom. The molecule has 0 spiro atoms. The van der Waals surface area contributed by atoms with Gasteiger partial charge in [-0.3, -0.25) is 0 Å². The molecule has 0 aromatic rings. The zero-order valence-corrected chi connectivity index (χ0v) is 8.09. The van der Waals surface area contributed by atoms with Crippen molar-refractivity contribution in [1.29, 1.82) is 0 Å². The van der Waals surface area contributed by atoms with Crippen LogP contribution in [0.25, 0.3) is 0 Å². The van der Waals surface area contributed by atoms with Crippen LogP contribution in [0, 0.1) is 11.8 Å². The van der Waals surface area contributed by atoms with Crippen LogP contribution in [0.15, 0.2) is 0 Å². The molecule has 0 bridgehead atoms. The standard InChI is InChI=1S/C9H20N2/c1-7-5-11(4)6-8(2)9(7)10-3/h7-10H,5-6H2,1-4H3. The van der Waals surface area contributed by atoms with E-state index >= 15 is 0 Å². The minimum Gasteiger partial charge on any atom is -0.316 e. The van der Waals surface area contributed by atoms with Crippen molar-refractivity contribution in [2.24, 2.45) is 11.8 Å². The summed E-state index contributed by atoms with van der Waals surface area (Å²) in [5.74, 6) is 1.57. The molecule has 2 atom stereocenters. The number of hydrogen-bond donors (Lipinski definition) is 1. The fraction of sp³-hybridized carbons (Fsp3) is 1.00. The number of rotatable bonds is 1. The minimum atomic E-state index is 0.714. The van der Waals surface area contributed by atoms with Crippen molar-refractivity contribution >= 4 is 0 Å². The summed E-state index contributed by atoms with van der Waals surface area (Å²) >= 11 is 0. The van der Waals surface area contributed by atoms with Gasteiger partial charge in [-0.05, 0) is 25.9 Å². The Hall–Kier alpha value is -0.0800. The second-order valence-corrected chi connectivity index (χ2v) is 3.99. The normalized spacial score (nSPS) is 40.9. The first-order valence-corrected chi connectivity index (χ1v) is 4.51. The number of hydrogen-bond acceptors (Lipinski definition) is 2. The molecule has 1 aliphatic rings. The summed E-state index contributed by atoms with van der Waals surface area (Å²) in [4.78, 5) is 2.42. The van der Waals surface area contributed by atoms with E-state index in [1.165, 1.54) is 13.1 Å². The lowest BCUT2D eigenvalue weighted by Crippen LogP contribution is -2.51. The monoisotopic (exact) mass is 156 g/mol. The molecule has 1 heterocycles. The average Bonchev–Trinajstić information content (AvgIpc) is 1.85. The average molecular weight is 156 g/mol. The summed E-state index contributed by atoms with van der Waals surface area (Å²) in [7, 11) is 4.28. The van der Waals surface area contributed by atoms with Crippen LogP contribution in [0.5, 0.6) is 0 Å². The topological polar surface area (TPSA) is 15.3 Å². The summed E-state index contributed by atoms with van der Waals surface area (Å²) in [5.41, 5.74) is 0. The van der Waals surface area contributed by atoms with Crippen LogP contribution in [-0.4, -0.2) is 38.1 Å². The van der Waals surface area contributed by atoms with Gasteiger partial charge in [-0.25, -0.2) is 0 Å². The van der Waals surface area contributed by atoms with E-state index in [0.29, 0.717) is 6.04 Å². The Balaban J connectivity index is 2.52. The van der Waals surface area contributed by atoms with Crippen LogP contribution >= 0.6 is 0 Å². The third kappa shape index (κ3) is 1.94. The highest BCUT2D eigenvalue weighted by molar-refractivity contribution is 4.85. The summed E-state index contributed by atoms with van der Waals surface area (Å²) < 4.78 is 0. The van der Waals surface area contributed by atoms with Crippen LogP contribution in [-0.2, 0) is 0 Å². The Morgan fingerprint density at radius 1 is 1.18 bits per heavy atom. The molecule has 1 rings (SSSR count). The van der Waals surface area contributed by atoms with Crippen molar-refractivity contribution in [2.75, 3.05) is 27.2 Å². The first kappa shape index (κ1) is 9.01. The molecule has 0 aromatic carbocycles. The third-order valence-corrected chi connectivity index (χ3v) is 2.76. The van der Waals surface area contributed by atoms with Gasteiger partial charge in [-0.15, -0.1) is 0 Å². The Bertz CT molecular complexity index is 113. The van der Waals surface area contributed by atoms with Crippen molar-refractivity contribution in [3.05, 3.63) is 0 Å². The van der Waals surface area contributed by atoms with Gasteiger partial charge in [0, 0.05) is 19.1 Å². The smallest absolute Gasteiger partial charge is 0.0140 e. The molecular formula is C9H20N2. The molecule has 0 aliphatic carbocycles. The van der Waals surface area contributed by atoms with E-state index in [0.717, 1.165) is 11.8 Å².